The van der Waals surface area contributed by atoms with E-state index in [9.17, 15) is 9.90 Å². The fourth-order valence-electron chi connectivity index (χ4n) is 4.19. The molecule has 162 valence electrons. The molecule has 1 unspecified atom stereocenters. The highest BCUT2D eigenvalue weighted by atomic mass is 16.4. The van der Waals surface area contributed by atoms with E-state index in [1.54, 1.807) is 0 Å². The summed E-state index contributed by atoms with van der Waals surface area (Å²) in [6.07, 6.45) is 24.2. The van der Waals surface area contributed by atoms with Crippen molar-refractivity contribution >= 4 is 5.97 Å². The van der Waals surface area contributed by atoms with E-state index in [1.165, 1.54) is 103 Å². The predicted molar refractivity (Wildman–Crippen MR) is 119 cm³/mol. The lowest BCUT2D eigenvalue weighted by molar-refractivity contribution is -0.150. The lowest BCUT2D eigenvalue weighted by Crippen LogP contribution is -2.32. The van der Waals surface area contributed by atoms with E-state index in [-0.39, 0.29) is 0 Å². The first-order valence-electron chi connectivity index (χ1n) is 12.2. The van der Waals surface area contributed by atoms with Gasteiger partial charge in [0, 0.05) is 0 Å². The number of hydrogen-bond acceptors (Lipinski definition) is 1. The summed E-state index contributed by atoms with van der Waals surface area (Å²) < 4.78 is 0. The van der Waals surface area contributed by atoms with Crippen LogP contribution in [0.2, 0.25) is 0 Å². The van der Waals surface area contributed by atoms with Crippen LogP contribution in [0.5, 0.6) is 0 Å². The van der Waals surface area contributed by atoms with Crippen molar-refractivity contribution in [2.75, 3.05) is 0 Å². The fourth-order valence-corrected chi connectivity index (χ4v) is 4.19. The standard InChI is InChI=1S/C25H50O2/c1-5-7-8-9-10-11-12-13-14-15-16-17-18-19-20-21-22-23(6-2)25(3,4)24(26)27/h23H,5-22H2,1-4H3,(H,26,27). The third-order valence-corrected chi connectivity index (χ3v) is 6.47. The summed E-state index contributed by atoms with van der Waals surface area (Å²) in [6.45, 7) is 8.18. The number of carbonyl (C=O) groups is 1. The highest BCUT2D eigenvalue weighted by Crippen LogP contribution is 2.33. The maximum Gasteiger partial charge on any atom is 0.309 e. The summed E-state index contributed by atoms with van der Waals surface area (Å²) in [6, 6.07) is 0. The summed E-state index contributed by atoms with van der Waals surface area (Å²) in [4.78, 5) is 11.4. The van der Waals surface area contributed by atoms with Crippen molar-refractivity contribution < 1.29 is 9.90 Å². The van der Waals surface area contributed by atoms with Crippen LogP contribution in [0.4, 0.5) is 0 Å². The average molecular weight is 383 g/mol. The zero-order valence-corrected chi connectivity index (χ0v) is 19.2. The van der Waals surface area contributed by atoms with Gasteiger partial charge in [-0.15, -0.1) is 0 Å². The van der Waals surface area contributed by atoms with E-state index in [2.05, 4.69) is 13.8 Å². The number of unbranched alkanes of at least 4 members (excludes halogenated alkanes) is 15. The van der Waals surface area contributed by atoms with E-state index in [0.717, 1.165) is 12.8 Å². The fraction of sp³-hybridized carbons (Fsp3) is 0.960. The molecule has 0 amide bonds. The van der Waals surface area contributed by atoms with Crippen LogP contribution in [-0.4, -0.2) is 11.1 Å². The first-order valence-corrected chi connectivity index (χ1v) is 12.2. The lowest BCUT2D eigenvalue weighted by atomic mass is 9.74. The zero-order valence-electron chi connectivity index (χ0n) is 19.2. The summed E-state index contributed by atoms with van der Waals surface area (Å²) >= 11 is 0. The summed E-state index contributed by atoms with van der Waals surface area (Å²) in [5.41, 5.74) is -0.579. The normalized spacial score (nSPS) is 13.0. The second-order valence-electron chi connectivity index (χ2n) is 9.22. The Morgan fingerprint density at radius 3 is 1.30 bits per heavy atom. The van der Waals surface area contributed by atoms with Gasteiger partial charge in [0.25, 0.3) is 0 Å². The molecule has 0 aliphatic heterocycles. The largest absolute Gasteiger partial charge is 0.481 e. The van der Waals surface area contributed by atoms with Crippen LogP contribution >= 0.6 is 0 Å². The molecular weight excluding hydrogens is 332 g/mol. The maximum atomic E-state index is 11.4. The number of carboxylic acids is 1. The van der Waals surface area contributed by atoms with Crippen LogP contribution in [-0.2, 0) is 4.79 Å². The number of rotatable bonds is 20. The number of carboxylic acid groups (broad SMARTS) is 1. The molecule has 0 spiro atoms. The molecule has 0 rings (SSSR count). The van der Waals surface area contributed by atoms with Crippen molar-refractivity contribution in [1.82, 2.24) is 0 Å². The van der Waals surface area contributed by atoms with Gasteiger partial charge in [0.15, 0.2) is 0 Å². The van der Waals surface area contributed by atoms with Crippen molar-refractivity contribution in [3.63, 3.8) is 0 Å². The number of hydrogen-bond donors (Lipinski definition) is 1. The molecule has 27 heavy (non-hydrogen) atoms. The smallest absolute Gasteiger partial charge is 0.309 e. The molecule has 1 N–H and O–H groups in total. The third kappa shape index (κ3) is 14.2. The van der Waals surface area contributed by atoms with Crippen LogP contribution in [0.15, 0.2) is 0 Å². The van der Waals surface area contributed by atoms with Crippen LogP contribution in [0.1, 0.15) is 143 Å². The van der Waals surface area contributed by atoms with Gasteiger partial charge in [-0.1, -0.05) is 123 Å². The minimum atomic E-state index is -0.647. The van der Waals surface area contributed by atoms with Gasteiger partial charge >= 0.3 is 5.97 Å². The van der Waals surface area contributed by atoms with Gasteiger partial charge in [-0.3, -0.25) is 4.79 Å². The zero-order chi connectivity index (χ0) is 20.4. The molecule has 0 aliphatic carbocycles. The first-order chi connectivity index (χ1) is 13.0. The average Bonchev–Trinajstić information content (AvgIpc) is 2.64. The van der Waals surface area contributed by atoms with E-state index in [1.807, 2.05) is 13.8 Å². The monoisotopic (exact) mass is 382 g/mol. The van der Waals surface area contributed by atoms with Gasteiger partial charge in [-0.25, -0.2) is 0 Å². The van der Waals surface area contributed by atoms with Crippen LogP contribution in [0, 0.1) is 11.3 Å². The van der Waals surface area contributed by atoms with Gasteiger partial charge < -0.3 is 5.11 Å². The van der Waals surface area contributed by atoms with Gasteiger partial charge in [-0.05, 0) is 26.2 Å². The number of aliphatic carboxylic acids is 1. The maximum absolute atomic E-state index is 11.4. The molecule has 2 heteroatoms. The van der Waals surface area contributed by atoms with Gasteiger partial charge in [-0.2, -0.15) is 0 Å². The first kappa shape index (κ1) is 26.5. The van der Waals surface area contributed by atoms with Crippen LogP contribution in [0.25, 0.3) is 0 Å². The molecule has 0 heterocycles. The molecule has 0 saturated heterocycles. The molecular formula is C25H50O2. The van der Waals surface area contributed by atoms with E-state index < -0.39 is 11.4 Å². The topological polar surface area (TPSA) is 37.3 Å². The molecule has 0 saturated carbocycles. The molecule has 0 fully saturated rings. The minimum absolute atomic E-state index is 0.307. The minimum Gasteiger partial charge on any atom is -0.481 e. The van der Waals surface area contributed by atoms with Crippen molar-refractivity contribution in [2.24, 2.45) is 11.3 Å². The Labute approximate surface area is 170 Å². The molecule has 0 aromatic rings. The molecule has 2 nitrogen and oxygen atoms in total. The van der Waals surface area contributed by atoms with Crippen molar-refractivity contribution in [3.05, 3.63) is 0 Å². The molecule has 0 aliphatic rings. The molecule has 0 aromatic carbocycles. The Balaban J connectivity index is 3.37. The van der Waals surface area contributed by atoms with Gasteiger partial charge in [0.1, 0.15) is 0 Å². The lowest BCUT2D eigenvalue weighted by Gasteiger charge is -2.29. The van der Waals surface area contributed by atoms with Crippen molar-refractivity contribution in [3.8, 4) is 0 Å². The SMILES string of the molecule is CCCCCCCCCCCCCCCCCCC(CC)C(C)(C)C(=O)O. The molecule has 1 atom stereocenters. The molecule has 0 aromatic heterocycles. The van der Waals surface area contributed by atoms with Gasteiger partial charge in [0.05, 0.1) is 5.41 Å². The third-order valence-electron chi connectivity index (χ3n) is 6.47. The Morgan fingerprint density at radius 2 is 1.00 bits per heavy atom. The van der Waals surface area contributed by atoms with Crippen molar-refractivity contribution in [2.45, 2.75) is 143 Å². The van der Waals surface area contributed by atoms with E-state index in [4.69, 9.17) is 0 Å². The van der Waals surface area contributed by atoms with Crippen molar-refractivity contribution in [1.29, 1.82) is 0 Å². The summed E-state index contributed by atoms with van der Waals surface area (Å²) in [5.74, 6) is -0.340. The summed E-state index contributed by atoms with van der Waals surface area (Å²) in [7, 11) is 0. The summed E-state index contributed by atoms with van der Waals surface area (Å²) in [5, 5.41) is 9.38. The molecule has 0 radical (unpaired) electrons. The van der Waals surface area contributed by atoms with E-state index in [0.29, 0.717) is 5.92 Å². The Morgan fingerprint density at radius 1 is 0.667 bits per heavy atom. The van der Waals surface area contributed by atoms with Crippen LogP contribution in [0.3, 0.4) is 0 Å². The highest BCUT2D eigenvalue weighted by molar-refractivity contribution is 5.73. The quantitative estimate of drug-likeness (QED) is 0.214. The Bertz CT molecular complexity index is 335. The molecule has 0 bridgehead atoms. The highest BCUT2D eigenvalue weighted by Gasteiger charge is 2.34. The second-order valence-corrected chi connectivity index (χ2v) is 9.22. The Kier molecular flexibility index (Phi) is 17.2. The van der Waals surface area contributed by atoms with Gasteiger partial charge in [0.2, 0.25) is 0 Å². The predicted octanol–water partition coefficient (Wildman–Crippen LogP) is 8.78. The van der Waals surface area contributed by atoms with E-state index >= 15 is 0 Å². The second kappa shape index (κ2) is 17.6. The van der Waals surface area contributed by atoms with Crippen LogP contribution < -0.4 is 0 Å². The Hall–Kier alpha value is -0.530.